The Hall–Kier alpha value is -3.88. The third kappa shape index (κ3) is 3.24. The van der Waals surface area contributed by atoms with Crippen molar-refractivity contribution in [1.29, 1.82) is 0 Å². The summed E-state index contributed by atoms with van der Waals surface area (Å²) < 4.78 is 15.5. The first kappa shape index (κ1) is 18.2. The maximum absolute atomic E-state index is 13.8. The summed E-state index contributed by atoms with van der Waals surface area (Å²) in [6.45, 7) is 0. The van der Waals surface area contributed by atoms with Crippen molar-refractivity contribution in [3.05, 3.63) is 71.3 Å². The number of hydrogen-bond acceptors (Lipinski definition) is 5. The molecule has 2 aromatic carbocycles. The van der Waals surface area contributed by atoms with Gasteiger partial charge in [-0.3, -0.25) is 4.79 Å². The highest BCUT2D eigenvalue weighted by Crippen LogP contribution is 2.29. The Labute approximate surface area is 171 Å². The van der Waals surface area contributed by atoms with Gasteiger partial charge in [-0.1, -0.05) is 18.2 Å². The van der Waals surface area contributed by atoms with Gasteiger partial charge >= 0.3 is 0 Å². The Morgan fingerprint density at radius 1 is 1.10 bits per heavy atom. The second kappa shape index (κ2) is 7.51. The second-order valence-corrected chi connectivity index (χ2v) is 7.11. The molecule has 1 aliphatic carbocycles. The van der Waals surface area contributed by atoms with Gasteiger partial charge in [0.2, 0.25) is 5.82 Å². The van der Waals surface area contributed by atoms with Crippen molar-refractivity contribution in [1.82, 2.24) is 30.4 Å². The quantitative estimate of drug-likeness (QED) is 0.544. The zero-order valence-corrected chi connectivity index (χ0v) is 16.0. The van der Waals surface area contributed by atoms with E-state index in [0.29, 0.717) is 28.5 Å². The van der Waals surface area contributed by atoms with Crippen molar-refractivity contribution in [2.45, 2.75) is 25.7 Å². The highest BCUT2D eigenvalue weighted by Gasteiger charge is 2.26. The van der Waals surface area contributed by atoms with Gasteiger partial charge in [0.1, 0.15) is 5.82 Å². The number of halogens is 1. The topological polar surface area (TPSA) is 101 Å². The number of carbonyl (C=O) groups is 1. The number of H-pyrrole nitrogens is 1. The number of benzene rings is 2. The van der Waals surface area contributed by atoms with Gasteiger partial charge in [-0.25, -0.2) is 9.07 Å². The number of fused-ring (bicyclic) bond motifs is 1. The third-order valence-corrected chi connectivity index (χ3v) is 5.21. The van der Waals surface area contributed by atoms with E-state index in [9.17, 15) is 9.18 Å². The average molecular weight is 403 g/mol. The lowest BCUT2D eigenvalue weighted by Crippen LogP contribution is -2.16. The molecule has 0 fully saturated rings. The van der Waals surface area contributed by atoms with Gasteiger partial charge in [-0.15, -0.1) is 10.2 Å². The third-order valence-electron chi connectivity index (χ3n) is 5.21. The summed E-state index contributed by atoms with van der Waals surface area (Å²) in [6, 6.07) is 13.5. The normalized spacial score (nSPS) is 13.1. The first-order chi connectivity index (χ1) is 14.7. The predicted octanol–water partition coefficient (Wildman–Crippen LogP) is 3.32. The molecule has 0 atom stereocenters. The van der Waals surface area contributed by atoms with Crippen molar-refractivity contribution in [3.63, 3.8) is 0 Å². The smallest absolute Gasteiger partial charge is 0.276 e. The lowest BCUT2D eigenvalue weighted by Gasteiger charge is -2.14. The van der Waals surface area contributed by atoms with Crippen LogP contribution in [0.25, 0.3) is 17.1 Å². The Balaban J connectivity index is 1.53. The molecule has 4 aromatic rings. The van der Waals surface area contributed by atoms with Gasteiger partial charge in [0, 0.05) is 16.8 Å². The van der Waals surface area contributed by atoms with Crippen molar-refractivity contribution in [2.75, 3.05) is 5.32 Å². The molecule has 1 amide bonds. The van der Waals surface area contributed by atoms with Crippen molar-refractivity contribution >= 4 is 11.6 Å². The summed E-state index contributed by atoms with van der Waals surface area (Å²) in [4.78, 5) is 13.2. The molecular formula is C21H18FN7O. The van der Waals surface area contributed by atoms with Crippen LogP contribution in [0.4, 0.5) is 10.1 Å². The number of anilines is 1. The molecule has 30 heavy (non-hydrogen) atoms. The van der Waals surface area contributed by atoms with Crippen LogP contribution in [0.1, 0.15) is 34.6 Å². The average Bonchev–Trinajstić information content (AvgIpc) is 3.42. The zero-order chi connectivity index (χ0) is 20.5. The Bertz CT molecular complexity index is 1220. The van der Waals surface area contributed by atoms with Crippen LogP contribution in [-0.2, 0) is 12.8 Å². The minimum absolute atomic E-state index is 0.320. The van der Waals surface area contributed by atoms with E-state index in [1.807, 2.05) is 12.1 Å². The fraction of sp³-hybridized carbons (Fsp3) is 0.190. The standard InChI is InChI=1S/C21H18FN7O/c22-13-6-5-7-14(12-13)29-18-11-4-2-9-16(18)19(26-29)21(30)23-17-10-3-1-8-15(17)20-24-27-28-25-20/h1,3,5-8,10,12H,2,4,9,11H2,(H,23,30)(H,24,25,27,28). The number of rotatable bonds is 4. The van der Waals surface area contributed by atoms with E-state index in [-0.39, 0.29) is 11.7 Å². The summed E-state index contributed by atoms with van der Waals surface area (Å²) >= 11 is 0. The number of nitrogens with one attached hydrogen (secondary N) is 2. The molecule has 0 saturated carbocycles. The number of para-hydroxylation sites is 1. The van der Waals surface area contributed by atoms with Gasteiger partial charge in [-0.2, -0.15) is 10.3 Å². The van der Waals surface area contributed by atoms with Gasteiger partial charge in [-0.05, 0) is 61.2 Å². The summed E-state index contributed by atoms with van der Waals surface area (Å²) in [5.41, 5.74) is 4.06. The van der Waals surface area contributed by atoms with E-state index < -0.39 is 0 Å². The summed E-state index contributed by atoms with van der Waals surface area (Å²) in [6.07, 6.45) is 3.56. The van der Waals surface area contributed by atoms with Crippen LogP contribution in [0.3, 0.4) is 0 Å². The van der Waals surface area contributed by atoms with E-state index in [0.717, 1.165) is 36.9 Å². The molecule has 0 saturated heterocycles. The minimum Gasteiger partial charge on any atom is -0.320 e. The molecule has 2 heterocycles. The van der Waals surface area contributed by atoms with Crippen LogP contribution in [-0.4, -0.2) is 36.3 Å². The van der Waals surface area contributed by atoms with E-state index in [2.05, 4.69) is 31.0 Å². The van der Waals surface area contributed by atoms with Crippen LogP contribution < -0.4 is 5.32 Å². The molecule has 150 valence electrons. The second-order valence-electron chi connectivity index (χ2n) is 7.11. The Morgan fingerprint density at radius 3 is 2.80 bits per heavy atom. The number of hydrogen-bond donors (Lipinski definition) is 2. The molecule has 0 bridgehead atoms. The molecule has 0 aliphatic heterocycles. The molecular weight excluding hydrogens is 385 g/mol. The van der Waals surface area contributed by atoms with E-state index in [4.69, 9.17) is 0 Å². The summed E-state index contributed by atoms with van der Waals surface area (Å²) in [5.74, 6) is -0.273. The molecule has 1 aliphatic rings. The van der Waals surface area contributed by atoms with Crippen molar-refractivity contribution in [2.24, 2.45) is 0 Å². The molecule has 8 nitrogen and oxygen atoms in total. The molecule has 9 heteroatoms. The molecule has 0 unspecified atom stereocenters. The first-order valence-electron chi connectivity index (χ1n) is 9.71. The zero-order valence-electron chi connectivity index (χ0n) is 16.0. The number of tetrazole rings is 1. The fourth-order valence-electron chi connectivity index (χ4n) is 3.85. The number of amides is 1. The summed E-state index contributed by atoms with van der Waals surface area (Å²) in [7, 11) is 0. The van der Waals surface area contributed by atoms with Crippen LogP contribution in [0.2, 0.25) is 0 Å². The van der Waals surface area contributed by atoms with Crippen molar-refractivity contribution < 1.29 is 9.18 Å². The maximum atomic E-state index is 13.8. The minimum atomic E-state index is -0.340. The summed E-state index contributed by atoms with van der Waals surface area (Å²) in [5, 5.41) is 21.5. The fourth-order valence-corrected chi connectivity index (χ4v) is 3.85. The molecule has 2 N–H and O–H groups in total. The van der Waals surface area contributed by atoms with E-state index >= 15 is 0 Å². The first-order valence-corrected chi connectivity index (χ1v) is 9.71. The van der Waals surface area contributed by atoms with E-state index in [1.54, 1.807) is 28.9 Å². The SMILES string of the molecule is O=C(Nc1ccccc1-c1nn[nH]n1)c1nn(-c2cccc(F)c2)c2c1CCCC2. The molecule has 0 radical (unpaired) electrons. The number of nitrogens with zero attached hydrogens (tertiary/aromatic N) is 5. The lowest BCUT2D eigenvalue weighted by molar-refractivity contribution is 0.102. The number of aromatic amines is 1. The van der Waals surface area contributed by atoms with Crippen LogP contribution in [0.15, 0.2) is 48.5 Å². The van der Waals surface area contributed by atoms with Gasteiger partial charge in [0.15, 0.2) is 5.69 Å². The number of carbonyl (C=O) groups excluding carboxylic acids is 1. The predicted molar refractivity (Wildman–Crippen MR) is 108 cm³/mol. The van der Waals surface area contributed by atoms with Crippen LogP contribution in [0, 0.1) is 5.82 Å². The molecule has 2 aromatic heterocycles. The van der Waals surface area contributed by atoms with Gasteiger partial charge in [0.05, 0.1) is 11.4 Å². The van der Waals surface area contributed by atoms with E-state index in [1.165, 1.54) is 12.1 Å². The monoisotopic (exact) mass is 403 g/mol. The highest BCUT2D eigenvalue weighted by atomic mass is 19.1. The van der Waals surface area contributed by atoms with Crippen molar-refractivity contribution in [3.8, 4) is 17.1 Å². The van der Waals surface area contributed by atoms with Crippen LogP contribution in [0.5, 0.6) is 0 Å². The number of aromatic nitrogens is 6. The Kier molecular flexibility index (Phi) is 4.55. The maximum Gasteiger partial charge on any atom is 0.276 e. The highest BCUT2D eigenvalue weighted by molar-refractivity contribution is 6.06. The lowest BCUT2D eigenvalue weighted by atomic mass is 9.95. The largest absolute Gasteiger partial charge is 0.320 e. The van der Waals surface area contributed by atoms with Gasteiger partial charge in [0.25, 0.3) is 5.91 Å². The van der Waals surface area contributed by atoms with Crippen LogP contribution >= 0.6 is 0 Å². The molecule has 5 rings (SSSR count). The Morgan fingerprint density at radius 2 is 1.97 bits per heavy atom. The molecule has 0 spiro atoms. The van der Waals surface area contributed by atoms with Gasteiger partial charge < -0.3 is 5.32 Å².